The second-order valence-electron chi connectivity index (χ2n) is 4.94. The van der Waals surface area contributed by atoms with Gasteiger partial charge in [-0.3, -0.25) is 4.90 Å². The largest absolute Gasteiger partial charge is 0.497 e. The number of likely N-dealkylation sites (N-methyl/N-ethyl adjacent to an activating group) is 1. The highest BCUT2D eigenvalue weighted by molar-refractivity contribution is 7.89. The Hall–Kier alpha value is -1.31. The van der Waals surface area contributed by atoms with Crippen LogP contribution in [-0.2, 0) is 10.0 Å². The summed E-state index contributed by atoms with van der Waals surface area (Å²) in [5.74, 6) is 0.814. The van der Waals surface area contributed by atoms with Gasteiger partial charge in [-0.05, 0) is 32.1 Å². The summed E-state index contributed by atoms with van der Waals surface area (Å²) < 4.78 is 37.8. The zero-order chi connectivity index (χ0) is 16.8. The van der Waals surface area contributed by atoms with Crippen LogP contribution in [0.2, 0.25) is 0 Å². The Morgan fingerprint density at radius 1 is 1.18 bits per heavy atom. The highest BCUT2D eigenvalue weighted by Gasteiger charge is 2.21. The molecule has 7 heteroatoms. The average Bonchev–Trinajstić information content (AvgIpc) is 2.53. The number of nitrogens with zero attached hydrogens (tertiary/aromatic N) is 1. The minimum atomic E-state index is -3.63. The molecule has 1 N–H and O–H groups in total. The minimum Gasteiger partial charge on any atom is -0.497 e. The van der Waals surface area contributed by atoms with Crippen molar-refractivity contribution in [3.8, 4) is 11.5 Å². The first-order valence-electron chi connectivity index (χ1n) is 7.35. The van der Waals surface area contributed by atoms with E-state index >= 15 is 0 Å². The van der Waals surface area contributed by atoms with Gasteiger partial charge in [0.2, 0.25) is 10.0 Å². The molecule has 0 amide bonds. The molecule has 0 spiro atoms. The van der Waals surface area contributed by atoms with E-state index in [-0.39, 0.29) is 16.7 Å². The lowest BCUT2D eigenvalue weighted by Gasteiger charge is -2.26. The molecular weight excluding hydrogens is 304 g/mol. The number of ether oxygens (including phenoxy) is 2. The highest BCUT2D eigenvalue weighted by atomic mass is 32.2. The molecule has 0 saturated carbocycles. The van der Waals surface area contributed by atoms with Gasteiger partial charge >= 0.3 is 0 Å². The van der Waals surface area contributed by atoms with Gasteiger partial charge in [0.05, 0.1) is 14.2 Å². The summed E-state index contributed by atoms with van der Waals surface area (Å²) in [7, 11) is -0.673. The van der Waals surface area contributed by atoms with E-state index in [1.165, 1.54) is 20.3 Å². The van der Waals surface area contributed by atoms with E-state index in [9.17, 15) is 8.42 Å². The van der Waals surface area contributed by atoms with Crippen LogP contribution >= 0.6 is 0 Å². The normalized spacial score (nSPS) is 13.2. The van der Waals surface area contributed by atoms with E-state index in [1.54, 1.807) is 12.1 Å². The zero-order valence-corrected chi connectivity index (χ0v) is 14.7. The quantitative estimate of drug-likeness (QED) is 0.746. The molecule has 1 unspecified atom stereocenters. The molecule has 6 nitrogen and oxygen atoms in total. The third-order valence-electron chi connectivity index (χ3n) is 3.66. The first-order valence-corrected chi connectivity index (χ1v) is 8.83. The molecule has 0 aliphatic heterocycles. The topological polar surface area (TPSA) is 67.9 Å². The van der Waals surface area contributed by atoms with Crippen molar-refractivity contribution in [1.29, 1.82) is 0 Å². The van der Waals surface area contributed by atoms with Crippen LogP contribution in [0.3, 0.4) is 0 Å². The number of hydrogen-bond acceptors (Lipinski definition) is 5. The summed E-state index contributed by atoms with van der Waals surface area (Å²) in [5, 5.41) is 0. The Labute approximate surface area is 133 Å². The van der Waals surface area contributed by atoms with E-state index in [0.29, 0.717) is 12.3 Å². The zero-order valence-electron chi connectivity index (χ0n) is 13.9. The maximum absolute atomic E-state index is 12.5. The Kier molecular flexibility index (Phi) is 7.12. The lowest BCUT2D eigenvalue weighted by atomic mass is 10.3. The van der Waals surface area contributed by atoms with Gasteiger partial charge in [-0.25, -0.2) is 13.1 Å². The van der Waals surface area contributed by atoms with E-state index < -0.39 is 10.0 Å². The number of benzene rings is 1. The van der Waals surface area contributed by atoms with Gasteiger partial charge in [-0.1, -0.05) is 13.8 Å². The van der Waals surface area contributed by atoms with Crippen LogP contribution in [0.4, 0.5) is 0 Å². The standard InChI is InChI=1S/C15H26N2O4S/c1-6-17(7-2)12(3)11-16-22(18,19)15-9-8-13(20-4)10-14(15)21-5/h8-10,12,16H,6-7,11H2,1-5H3. The van der Waals surface area contributed by atoms with E-state index in [4.69, 9.17) is 9.47 Å². The molecule has 1 aromatic carbocycles. The van der Waals surface area contributed by atoms with Gasteiger partial charge in [0.25, 0.3) is 0 Å². The lowest BCUT2D eigenvalue weighted by molar-refractivity contribution is 0.232. The first-order chi connectivity index (χ1) is 10.4. The minimum absolute atomic E-state index is 0.113. The number of methoxy groups -OCH3 is 2. The van der Waals surface area contributed by atoms with Gasteiger partial charge < -0.3 is 9.47 Å². The second-order valence-corrected chi connectivity index (χ2v) is 6.67. The monoisotopic (exact) mass is 330 g/mol. The SMILES string of the molecule is CCN(CC)C(C)CNS(=O)(=O)c1ccc(OC)cc1OC. The summed E-state index contributed by atoms with van der Waals surface area (Å²) in [4.78, 5) is 2.30. The number of rotatable bonds is 9. The second kappa shape index (κ2) is 8.36. The fourth-order valence-electron chi connectivity index (χ4n) is 2.28. The van der Waals surface area contributed by atoms with Gasteiger partial charge in [0.1, 0.15) is 16.4 Å². The van der Waals surface area contributed by atoms with Crippen LogP contribution in [0.15, 0.2) is 23.1 Å². The van der Waals surface area contributed by atoms with E-state index in [0.717, 1.165) is 13.1 Å². The molecule has 0 aromatic heterocycles. The molecule has 1 rings (SSSR count). The highest BCUT2D eigenvalue weighted by Crippen LogP contribution is 2.28. The van der Waals surface area contributed by atoms with E-state index in [1.807, 2.05) is 6.92 Å². The molecule has 22 heavy (non-hydrogen) atoms. The number of hydrogen-bond donors (Lipinski definition) is 1. The lowest BCUT2D eigenvalue weighted by Crippen LogP contribution is -2.42. The van der Waals surface area contributed by atoms with Crippen molar-refractivity contribution in [2.24, 2.45) is 0 Å². The summed E-state index contributed by atoms with van der Waals surface area (Å²) >= 11 is 0. The van der Waals surface area contributed by atoms with Crippen molar-refractivity contribution in [3.05, 3.63) is 18.2 Å². The first kappa shape index (κ1) is 18.7. The van der Waals surface area contributed by atoms with E-state index in [2.05, 4.69) is 23.5 Å². The summed E-state index contributed by atoms with van der Waals surface area (Å²) in [6, 6.07) is 4.77. The molecule has 0 aliphatic carbocycles. The van der Waals surface area contributed by atoms with Crippen molar-refractivity contribution in [2.45, 2.75) is 31.7 Å². The van der Waals surface area contributed by atoms with Crippen molar-refractivity contribution in [3.63, 3.8) is 0 Å². The average molecular weight is 330 g/mol. The third-order valence-corrected chi connectivity index (χ3v) is 5.13. The van der Waals surface area contributed by atoms with Crippen LogP contribution in [-0.4, -0.2) is 53.2 Å². The Bertz CT molecular complexity index is 571. The van der Waals surface area contributed by atoms with Crippen LogP contribution in [0, 0.1) is 0 Å². The Balaban J connectivity index is 2.91. The Morgan fingerprint density at radius 3 is 2.32 bits per heavy atom. The summed E-state index contributed by atoms with van der Waals surface area (Å²) in [6.07, 6.45) is 0. The van der Waals surface area contributed by atoms with Gasteiger partial charge in [0, 0.05) is 18.7 Å². The molecule has 1 aromatic rings. The van der Waals surface area contributed by atoms with Crippen LogP contribution in [0.5, 0.6) is 11.5 Å². The maximum Gasteiger partial charge on any atom is 0.244 e. The predicted octanol–water partition coefficient (Wildman–Crippen LogP) is 1.71. The predicted molar refractivity (Wildman–Crippen MR) is 87.1 cm³/mol. The number of sulfonamides is 1. The Morgan fingerprint density at radius 2 is 1.82 bits per heavy atom. The fraction of sp³-hybridized carbons (Fsp3) is 0.600. The molecule has 0 radical (unpaired) electrons. The molecule has 0 fully saturated rings. The summed E-state index contributed by atoms with van der Waals surface area (Å²) in [5.41, 5.74) is 0. The smallest absolute Gasteiger partial charge is 0.244 e. The third kappa shape index (κ3) is 4.59. The molecule has 0 aliphatic rings. The van der Waals surface area contributed by atoms with Gasteiger partial charge in [-0.2, -0.15) is 0 Å². The van der Waals surface area contributed by atoms with Crippen molar-refractivity contribution >= 4 is 10.0 Å². The molecule has 0 saturated heterocycles. The van der Waals surface area contributed by atoms with Crippen molar-refractivity contribution < 1.29 is 17.9 Å². The molecule has 1 atom stereocenters. The fourth-order valence-corrected chi connectivity index (χ4v) is 3.55. The summed E-state index contributed by atoms with van der Waals surface area (Å²) in [6.45, 7) is 8.22. The van der Waals surface area contributed by atoms with Crippen LogP contribution in [0.25, 0.3) is 0 Å². The van der Waals surface area contributed by atoms with Gasteiger partial charge in [-0.15, -0.1) is 0 Å². The molecule has 0 bridgehead atoms. The van der Waals surface area contributed by atoms with Crippen molar-refractivity contribution in [1.82, 2.24) is 9.62 Å². The molecular formula is C15H26N2O4S. The van der Waals surface area contributed by atoms with Crippen LogP contribution in [0.1, 0.15) is 20.8 Å². The van der Waals surface area contributed by atoms with Gasteiger partial charge in [0.15, 0.2) is 0 Å². The van der Waals surface area contributed by atoms with Crippen LogP contribution < -0.4 is 14.2 Å². The molecule has 126 valence electrons. The molecule has 0 heterocycles. The number of nitrogens with one attached hydrogen (secondary N) is 1. The maximum atomic E-state index is 12.5. The van der Waals surface area contributed by atoms with Crippen molar-refractivity contribution in [2.75, 3.05) is 33.9 Å².